The molecule has 3 atom stereocenters. The zero-order chi connectivity index (χ0) is 30.6. The number of hydrogen-bond donors (Lipinski definition) is 1. The number of sulfonamides is 1. The summed E-state index contributed by atoms with van der Waals surface area (Å²) in [6.45, 7) is 1.58. The van der Waals surface area contributed by atoms with Crippen LogP contribution in [0, 0.1) is 6.92 Å². The number of carbonyl (C=O) groups is 2. The number of fused-ring (bicyclic) bond motifs is 1. The molecule has 2 aliphatic heterocycles. The number of rotatable bonds is 7. The number of anilines is 1. The summed E-state index contributed by atoms with van der Waals surface area (Å²) in [6, 6.07) is 6.09. The van der Waals surface area contributed by atoms with Crippen molar-refractivity contribution < 1.29 is 32.6 Å². The number of pyridine rings is 1. The van der Waals surface area contributed by atoms with Crippen LogP contribution in [0.25, 0.3) is 0 Å². The molecule has 2 aromatic heterocycles. The molecule has 2 amide bonds. The SMILES string of the molecule is COc1ncc(C2(N3C[C@H](O)C[C@H]3C(=O)N(C)C)C(=O)N(S(=O)(=O)c3ccc(C)cn3)c3ccc(Cl)cc32)c(OC)n1. The highest BCUT2D eigenvalue weighted by Gasteiger charge is 2.64. The maximum Gasteiger partial charge on any atom is 0.319 e. The lowest BCUT2D eigenvalue weighted by Crippen LogP contribution is -2.59. The van der Waals surface area contributed by atoms with Crippen LogP contribution in [0.15, 0.2) is 47.8 Å². The van der Waals surface area contributed by atoms with Gasteiger partial charge in [-0.2, -0.15) is 17.7 Å². The van der Waals surface area contributed by atoms with E-state index >= 15 is 4.79 Å². The molecule has 0 saturated carbocycles. The number of aromatic nitrogens is 3. The Kier molecular flexibility index (Phi) is 7.60. The van der Waals surface area contributed by atoms with Crippen molar-refractivity contribution in [3.05, 3.63) is 64.4 Å². The second kappa shape index (κ2) is 10.8. The van der Waals surface area contributed by atoms with E-state index in [0.29, 0.717) is 4.31 Å². The van der Waals surface area contributed by atoms with Gasteiger partial charge in [-0.05, 0) is 43.2 Å². The van der Waals surface area contributed by atoms with Gasteiger partial charge in [0.2, 0.25) is 11.8 Å². The average Bonchev–Trinajstić information content (AvgIpc) is 3.47. The van der Waals surface area contributed by atoms with Crippen molar-refractivity contribution in [3.8, 4) is 11.9 Å². The highest BCUT2D eigenvalue weighted by molar-refractivity contribution is 7.93. The van der Waals surface area contributed by atoms with Crippen LogP contribution in [0.1, 0.15) is 23.1 Å². The summed E-state index contributed by atoms with van der Waals surface area (Å²) >= 11 is 6.47. The highest BCUT2D eigenvalue weighted by Crippen LogP contribution is 2.54. The number of β-amino-alcohol motifs (C(OH)–C–C–N with tert-alkyl or cyclic N) is 1. The first-order valence-electron chi connectivity index (χ1n) is 12.8. The van der Waals surface area contributed by atoms with Crippen LogP contribution in [0.4, 0.5) is 5.69 Å². The molecule has 15 heteroatoms. The monoisotopic (exact) mass is 616 g/mol. The van der Waals surface area contributed by atoms with E-state index in [1.54, 1.807) is 27.1 Å². The fraction of sp³-hybridized carbons (Fsp3) is 0.370. The van der Waals surface area contributed by atoms with Crippen LogP contribution < -0.4 is 13.8 Å². The van der Waals surface area contributed by atoms with Crippen LogP contribution in [0.2, 0.25) is 5.02 Å². The minimum Gasteiger partial charge on any atom is -0.481 e. The summed E-state index contributed by atoms with van der Waals surface area (Å²) < 4.78 is 39.7. The predicted octanol–water partition coefficient (Wildman–Crippen LogP) is 1.35. The molecule has 1 saturated heterocycles. The Morgan fingerprint density at radius 1 is 1.12 bits per heavy atom. The predicted molar refractivity (Wildman–Crippen MR) is 151 cm³/mol. The van der Waals surface area contributed by atoms with Gasteiger partial charge in [-0.3, -0.25) is 14.5 Å². The largest absolute Gasteiger partial charge is 0.481 e. The summed E-state index contributed by atoms with van der Waals surface area (Å²) in [5.74, 6) is -1.48. The second-order valence-electron chi connectivity index (χ2n) is 10.2. The molecule has 2 aliphatic rings. The Balaban J connectivity index is 1.88. The maximum atomic E-state index is 15.0. The van der Waals surface area contributed by atoms with E-state index in [9.17, 15) is 18.3 Å². The molecule has 1 fully saturated rings. The number of likely N-dealkylation sites (tertiary alicyclic amines) is 1. The van der Waals surface area contributed by atoms with E-state index in [0.717, 1.165) is 5.56 Å². The molecule has 222 valence electrons. The first kappa shape index (κ1) is 29.6. The zero-order valence-corrected chi connectivity index (χ0v) is 25.0. The molecule has 0 radical (unpaired) electrons. The van der Waals surface area contributed by atoms with Crippen molar-refractivity contribution in [1.29, 1.82) is 0 Å². The molecular formula is C27H29ClN6O7S. The summed E-state index contributed by atoms with van der Waals surface area (Å²) in [5.41, 5.74) is -1.21. The fourth-order valence-electron chi connectivity index (χ4n) is 5.55. The Hall–Kier alpha value is -3.85. The van der Waals surface area contributed by atoms with Crippen molar-refractivity contribution >= 4 is 39.1 Å². The van der Waals surface area contributed by atoms with E-state index in [1.807, 2.05) is 0 Å². The van der Waals surface area contributed by atoms with Crippen molar-refractivity contribution in [2.24, 2.45) is 0 Å². The lowest BCUT2D eigenvalue weighted by molar-refractivity contribution is -0.138. The van der Waals surface area contributed by atoms with Gasteiger partial charge in [-0.15, -0.1) is 0 Å². The van der Waals surface area contributed by atoms with Crippen LogP contribution in [-0.2, 0) is 25.2 Å². The number of ether oxygens (including phenoxy) is 2. The molecule has 0 bridgehead atoms. The van der Waals surface area contributed by atoms with Gasteiger partial charge in [-0.25, -0.2) is 9.97 Å². The van der Waals surface area contributed by atoms with Crippen molar-refractivity contribution in [2.75, 3.05) is 39.2 Å². The second-order valence-corrected chi connectivity index (χ2v) is 12.4. The van der Waals surface area contributed by atoms with Crippen molar-refractivity contribution in [2.45, 2.75) is 36.1 Å². The first-order chi connectivity index (χ1) is 19.9. The molecule has 1 N–H and O–H groups in total. The number of likely N-dealkylation sites (N-methyl/N-ethyl adjacent to an activating group) is 1. The van der Waals surface area contributed by atoms with Gasteiger partial charge >= 0.3 is 6.01 Å². The topological polar surface area (TPSA) is 155 Å². The van der Waals surface area contributed by atoms with Gasteiger partial charge < -0.3 is 19.5 Å². The smallest absolute Gasteiger partial charge is 0.319 e. The number of methoxy groups -OCH3 is 2. The van der Waals surface area contributed by atoms with Crippen LogP contribution >= 0.6 is 11.6 Å². The third-order valence-electron chi connectivity index (χ3n) is 7.38. The number of nitrogens with zero attached hydrogens (tertiary/aromatic N) is 6. The van der Waals surface area contributed by atoms with E-state index in [4.69, 9.17) is 21.1 Å². The Morgan fingerprint density at radius 2 is 1.86 bits per heavy atom. The van der Waals surface area contributed by atoms with E-state index in [2.05, 4.69) is 15.0 Å². The number of aliphatic hydroxyl groups excluding tert-OH is 1. The maximum absolute atomic E-state index is 15.0. The van der Waals surface area contributed by atoms with Gasteiger partial charge in [0, 0.05) is 43.6 Å². The third kappa shape index (κ3) is 4.45. The zero-order valence-electron chi connectivity index (χ0n) is 23.5. The Labute approximate surface area is 247 Å². The number of aliphatic hydroxyl groups is 1. The van der Waals surface area contributed by atoms with E-state index < -0.39 is 39.5 Å². The molecule has 0 aliphatic carbocycles. The highest BCUT2D eigenvalue weighted by atomic mass is 35.5. The quantitative estimate of drug-likeness (QED) is 0.409. The van der Waals surface area contributed by atoms with E-state index in [-0.39, 0.29) is 51.7 Å². The van der Waals surface area contributed by atoms with Crippen LogP contribution in [0.3, 0.4) is 0 Å². The fourth-order valence-corrected chi connectivity index (χ4v) is 7.10. The lowest BCUT2D eigenvalue weighted by atomic mass is 9.82. The summed E-state index contributed by atoms with van der Waals surface area (Å²) in [7, 11) is 1.18. The van der Waals surface area contributed by atoms with E-state index in [1.165, 1.54) is 60.7 Å². The van der Waals surface area contributed by atoms with Gasteiger partial charge in [-0.1, -0.05) is 17.7 Å². The molecule has 13 nitrogen and oxygen atoms in total. The van der Waals surface area contributed by atoms with Crippen molar-refractivity contribution in [1.82, 2.24) is 24.8 Å². The van der Waals surface area contributed by atoms with Crippen LogP contribution in [-0.4, -0.2) is 97.1 Å². The number of carbonyl (C=O) groups excluding carboxylic acids is 2. The number of halogens is 1. The number of amides is 2. The Bertz CT molecular complexity index is 1670. The van der Waals surface area contributed by atoms with Gasteiger partial charge in [0.25, 0.3) is 15.9 Å². The van der Waals surface area contributed by atoms with Crippen molar-refractivity contribution in [3.63, 3.8) is 0 Å². The third-order valence-corrected chi connectivity index (χ3v) is 9.23. The average molecular weight is 617 g/mol. The Morgan fingerprint density at radius 3 is 2.48 bits per heavy atom. The first-order valence-corrected chi connectivity index (χ1v) is 14.6. The minimum absolute atomic E-state index is 0.0120. The van der Waals surface area contributed by atoms with Gasteiger partial charge in [0.15, 0.2) is 10.6 Å². The number of aryl methyl sites for hydroxylation is 1. The van der Waals surface area contributed by atoms with Crippen LogP contribution in [0.5, 0.6) is 11.9 Å². The minimum atomic E-state index is -4.60. The molecule has 42 heavy (non-hydrogen) atoms. The lowest BCUT2D eigenvalue weighted by Gasteiger charge is -2.41. The summed E-state index contributed by atoms with van der Waals surface area (Å²) in [6.07, 6.45) is 1.62. The summed E-state index contributed by atoms with van der Waals surface area (Å²) in [5, 5.41) is 10.7. The normalized spacial score (nSPS) is 22.3. The molecule has 1 aromatic carbocycles. The standard InChI is InChI=1S/C27H29ClN6O7S/c1-15-6-9-22(29-12-15)42(38,39)34-20-8-7-16(28)10-18(20)27(25(34)37,19-13-30-26(41-5)31-23(19)40-4)33-14-17(35)11-21(33)24(36)32(2)3/h6-10,12-13,17,21,35H,11,14H2,1-5H3/t17-,21+,27?/m1/s1. The number of hydrogen-bond acceptors (Lipinski definition) is 11. The molecule has 5 rings (SSSR count). The molecule has 3 aromatic rings. The molecular weight excluding hydrogens is 588 g/mol. The van der Waals surface area contributed by atoms with Gasteiger partial charge in [0.05, 0.1) is 37.6 Å². The number of benzene rings is 1. The molecule has 0 spiro atoms. The molecule has 1 unspecified atom stereocenters. The van der Waals surface area contributed by atoms with Gasteiger partial charge in [0.1, 0.15) is 0 Å². The molecule has 4 heterocycles. The summed E-state index contributed by atoms with van der Waals surface area (Å²) in [4.78, 5) is 43.9.